The first-order chi connectivity index (χ1) is 4.74. The van der Waals surface area contributed by atoms with E-state index in [1.807, 2.05) is 4.90 Å². The highest BCUT2D eigenvalue weighted by Crippen LogP contribution is 2.13. The van der Waals surface area contributed by atoms with Gasteiger partial charge in [0.1, 0.15) is 0 Å². The number of carboxylic acids is 1. The van der Waals surface area contributed by atoms with Crippen LogP contribution in [0.4, 0.5) is 0 Å². The standard InChI is InChI=1S/C6H11NO3/c8-2-1-7-3-5(4-7)6(9)10/h5,8H,1-4H2,(H,9,10). The third kappa shape index (κ3) is 1.46. The Bertz CT molecular complexity index is 131. The first-order valence-corrected chi connectivity index (χ1v) is 3.30. The fraction of sp³-hybridized carbons (Fsp3) is 0.833. The topological polar surface area (TPSA) is 60.8 Å². The Balaban J connectivity index is 2.12. The molecule has 0 radical (unpaired) electrons. The average molecular weight is 145 g/mol. The lowest BCUT2D eigenvalue weighted by Crippen LogP contribution is -2.51. The molecule has 0 amide bonds. The van der Waals surface area contributed by atoms with Crippen molar-refractivity contribution >= 4 is 5.97 Å². The van der Waals surface area contributed by atoms with Gasteiger partial charge in [-0.1, -0.05) is 0 Å². The first-order valence-electron chi connectivity index (χ1n) is 3.30. The van der Waals surface area contributed by atoms with Gasteiger partial charge in [0.05, 0.1) is 12.5 Å². The van der Waals surface area contributed by atoms with E-state index < -0.39 is 5.97 Å². The lowest BCUT2D eigenvalue weighted by atomic mass is 10.0. The van der Waals surface area contributed by atoms with Gasteiger partial charge in [0.25, 0.3) is 0 Å². The van der Waals surface area contributed by atoms with Gasteiger partial charge in [0.2, 0.25) is 0 Å². The number of likely N-dealkylation sites (tertiary alicyclic amines) is 1. The van der Waals surface area contributed by atoms with E-state index in [1.54, 1.807) is 0 Å². The van der Waals surface area contributed by atoms with E-state index in [2.05, 4.69) is 0 Å². The molecule has 4 nitrogen and oxygen atoms in total. The van der Waals surface area contributed by atoms with Crippen LogP contribution in [0.15, 0.2) is 0 Å². The molecule has 0 aliphatic carbocycles. The molecule has 0 atom stereocenters. The SMILES string of the molecule is O=C(O)C1CN(CCO)C1. The van der Waals surface area contributed by atoms with E-state index in [0.717, 1.165) is 0 Å². The second-order valence-electron chi connectivity index (χ2n) is 2.52. The number of carboxylic acid groups (broad SMARTS) is 1. The van der Waals surface area contributed by atoms with Crippen LogP contribution >= 0.6 is 0 Å². The number of rotatable bonds is 3. The summed E-state index contributed by atoms with van der Waals surface area (Å²) >= 11 is 0. The molecule has 58 valence electrons. The molecule has 0 bridgehead atoms. The van der Waals surface area contributed by atoms with Crippen LogP contribution in [0.2, 0.25) is 0 Å². The summed E-state index contributed by atoms with van der Waals surface area (Å²) in [7, 11) is 0. The van der Waals surface area contributed by atoms with Crippen molar-refractivity contribution in [3.05, 3.63) is 0 Å². The molecular weight excluding hydrogens is 134 g/mol. The third-order valence-electron chi connectivity index (χ3n) is 1.72. The number of aliphatic hydroxyl groups excluding tert-OH is 1. The maximum absolute atomic E-state index is 10.2. The Kier molecular flexibility index (Phi) is 2.24. The van der Waals surface area contributed by atoms with Gasteiger partial charge in [-0.3, -0.25) is 9.69 Å². The number of nitrogens with zero attached hydrogens (tertiary/aromatic N) is 1. The zero-order valence-corrected chi connectivity index (χ0v) is 5.66. The summed E-state index contributed by atoms with van der Waals surface area (Å²) in [4.78, 5) is 12.2. The summed E-state index contributed by atoms with van der Waals surface area (Å²) in [5.41, 5.74) is 0. The van der Waals surface area contributed by atoms with Crippen LogP contribution in [0, 0.1) is 5.92 Å². The number of aliphatic hydroxyl groups is 1. The average Bonchev–Trinajstić information content (AvgIpc) is 1.76. The summed E-state index contributed by atoms with van der Waals surface area (Å²) in [5.74, 6) is -0.930. The Labute approximate surface area is 59.1 Å². The smallest absolute Gasteiger partial charge is 0.309 e. The molecule has 0 aromatic heterocycles. The van der Waals surface area contributed by atoms with E-state index in [4.69, 9.17) is 10.2 Å². The minimum Gasteiger partial charge on any atom is -0.481 e. The van der Waals surface area contributed by atoms with Gasteiger partial charge in [-0.2, -0.15) is 0 Å². The second-order valence-corrected chi connectivity index (χ2v) is 2.52. The van der Waals surface area contributed by atoms with Gasteiger partial charge in [0, 0.05) is 19.6 Å². The molecule has 1 fully saturated rings. The molecule has 0 spiro atoms. The highest BCUT2D eigenvalue weighted by atomic mass is 16.4. The van der Waals surface area contributed by atoms with Crippen molar-refractivity contribution in [2.45, 2.75) is 0 Å². The quantitative estimate of drug-likeness (QED) is 0.534. The maximum Gasteiger partial charge on any atom is 0.309 e. The van der Waals surface area contributed by atoms with Crippen LogP contribution in [0.1, 0.15) is 0 Å². The largest absolute Gasteiger partial charge is 0.481 e. The second kappa shape index (κ2) is 2.98. The Hall–Kier alpha value is -0.610. The number of carbonyl (C=O) groups is 1. The predicted molar refractivity (Wildman–Crippen MR) is 34.7 cm³/mol. The highest BCUT2D eigenvalue weighted by molar-refractivity contribution is 5.71. The lowest BCUT2D eigenvalue weighted by molar-refractivity contribution is -0.147. The number of hydrogen-bond acceptors (Lipinski definition) is 3. The third-order valence-corrected chi connectivity index (χ3v) is 1.72. The van der Waals surface area contributed by atoms with Crippen LogP contribution in [0.25, 0.3) is 0 Å². The molecule has 10 heavy (non-hydrogen) atoms. The Morgan fingerprint density at radius 3 is 2.60 bits per heavy atom. The monoisotopic (exact) mass is 145 g/mol. The molecule has 1 aliphatic heterocycles. The summed E-state index contributed by atoms with van der Waals surface area (Å²) in [6.07, 6.45) is 0. The lowest BCUT2D eigenvalue weighted by Gasteiger charge is -2.35. The van der Waals surface area contributed by atoms with Gasteiger partial charge in [0.15, 0.2) is 0 Å². The number of β-amino-alcohol motifs (C(OH)–C–C–N with tert-alkyl or cyclic N) is 1. The van der Waals surface area contributed by atoms with E-state index in [9.17, 15) is 4.79 Å². The minimum absolute atomic E-state index is 0.117. The minimum atomic E-state index is -0.728. The van der Waals surface area contributed by atoms with E-state index in [1.165, 1.54) is 0 Å². The first kappa shape index (κ1) is 7.50. The normalized spacial score (nSPS) is 20.5. The summed E-state index contributed by atoms with van der Waals surface area (Å²) in [6.45, 7) is 1.90. The van der Waals surface area contributed by atoms with E-state index >= 15 is 0 Å². The molecule has 0 unspecified atom stereocenters. The molecule has 4 heteroatoms. The Morgan fingerprint density at radius 1 is 1.60 bits per heavy atom. The van der Waals surface area contributed by atoms with Gasteiger partial charge < -0.3 is 10.2 Å². The maximum atomic E-state index is 10.2. The van der Waals surface area contributed by atoms with Gasteiger partial charge >= 0.3 is 5.97 Å². The van der Waals surface area contributed by atoms with Crippen molar-refractivity contribution < 1.29 is 15.0 Å². The summed E-state index contributed by atoms with van der Waals surface area (Å²) < 4.78 is 0. The van der Waals surface area contributed by atoms with Crippen molar-refractivity contribution in [2.75, 3.05) is 26.2 Å². The predicted octanol–water partition coefficient (Wildman–Crippen LogP) is -1.00. The fourth-order valence-corrected chi connectivity index (χ4v) is 1.05. The summed E-state index contributed by atoms with van der Waals surface area (Å²) in [5, 5.41) is 16.9. The van der Waals surface area contributed by atoms with Gasteiger partial charge in [-0.25, -0.2) is 0 Å². The zero-order chi connectivity index (χ0) is 7.56. The molecule has 1 aliphatic rings. The van der Waals surface area contributed by atoms with Crippen molar-refractivity contribution in [2.24, 2.45) is 5.92 Å². The van der Waals surface area contributed by atoms with Crippen molar-refractivity contribution in [1.82, 2.24) is 4.90 Å². The highest BCUT2D eigenvalue weighted by Gasteiger charge is 2.31. The van der Waals surface area contributed by atoms with Crippen LogP contribution in [0.3, 0.4) is 0 Å². The van der Waals surface area contributed by atoms with E-state index in [-0.39, 0.29) is 12.5 Å². The van der Waals surface area contributed by atoms with Crippen LogP contribution in [-0.2, 0) is 4.79 Å². The zero-order valence-electron chi connectivity index (χ0n) is 5.66. The van der Waals surface area contributed by atoms with E-state index in [0.29, 0.717) is 19.6 Å². The van der Waals surface area contributed by atoms with Crippen molar-refractivity contribution in [3.63, 3.8) is 0 Å². The molecule has 2 N–H and O–H groups in total. The van der Waals surface area contributed by atoms with Crippen LogP contribution < -0.4 is 0 Å². The molecule has 0 aromatic rings. The van der Waals surface area contributed by atoms with Gasteiger partial charge in [-0.15, -0.1) is 0 Å². The fourth-order valence-electron chi connectivity index (χ4n) is 1.05. The van der Waals surface area contributed by atoms with Gasteiger partial charge in [-0.05, 0) is 0 Å². The number of hydrogen-bond donors (Lipinski definition) is 2. The molecule has 0 aromatic carbocycles. The molecule has 1 heterocycles. The Morgan fingerprint density at radius 2 is 2.20 bits per heavy atom. The van der Waals surface area contributed by atoms with Crippen molar-refractivity contribution in [1.29, 1.82) is 0 Å². The molecule has 0 saturated carbocycles. The molecule has 1 rings (SSSR count). The van der Waals surface area contributed by atoms with Crippen LogP contribution in [-0.4, -0.2) is 47.3 Å². The van der Waals surface area contributed by atoms with Crippen LogP contribution in [0.5, 0.6) is 0 Å². The van der Waals surface area contributed by atoms with Crippen molar-refractivity contribution in [3.8, 4) is 0 Å². The molecule has 1 saturated heterocycles. The summed E-state index contributed by atoms with van der Waals surface area (Å²) in [6, 6.07) is 0. The molecular formula is C6H11NO3. The number of aliphatic carboxylic acids is 1.